The van der Waals surface area contributed by atoms with Gasteiger partial charge in [-0.05, 0) is 43.2 Å². The molecule has 1 N–H and O–H groups in total. The maximum atomic E-state index is 13.0. The number of morpholine rings is 1. The third-order valence-electron chi connectivity index (χ3n) is 6.68. The number of rotatable bonds is 9. The number of amides is 1. The minimum absolute atomic E-state index is 0.0344. The Morgan fingerprint density at radius 2 is 1.92 bits per heavy atom. The van der Waals surface area contributed by atoms with Crippen molar-refractivity contribution in [2.45, 2.75) is 44.8 Å². The van der Waals surface area contributed by atoms with Gasteiger partial charge in [0, 0.05) is 31.6 Å². The summed E-state index contributed by atoms with van der Waals surface area (Å²) >= 11 is 1.41. The van der Waals surface area contributed by atoms with Gasteiger partial charge in [-0.3, -0.25) is 14.5 Å². The Morgan fingerprint density at radius 3 is 2.64 bits per heavy atom. The highest BCUT2D eigenvalue weighted by molar-refractivity contribution is 7.10. The van der Waals surface area contributed by atoms with Crippen molar-refractivity contribution in [1.82, 2.24) is 14.8 Å². The molecule has 192 valence electrons. The average molecular weight is 512 g/mol. The van der Waals surface area contributed by atoms with E-state index < -0.39 is 5.97 Å². The van der Waals surface area contributed by atoms with Gasteiger partial charge < -0.3 is 19.5 Å². The van der Waals surface area contributed by atoms with Crippen LogP contribution in [0.4, 0.5) is 0 Å². The van der Waals surface area contributed by atoms with Crippen LogP contribution in [0.1, 0.15) is 52.8 Å². The van der Waals surface area contributed by atoms with E-state index in [1.165, 1.54) is 22.5 Å². The van der Waals surface area contributed by atoms with Crippen LogP contribution in [0, 0.1) is 11.8 Å². The third-order valence-corrected chi connectivity index (χ3v) is 7.44. The number of carbonyl (C=O) groups is 2. The minimum Gasteiger partial charge on any atom is -0.481 e. The number of likely N-dealkylation sites (tertiary alicyclic amines) is 1. The number of carbonyl (C=O) groups excluding carboxylic acids is 1. The Hall–Kier alpha value is -2.77. The number of benzene rings is 1. The van der Waals surface area contributed by atoms with Crippen molar-refractivity contribution >= 4 is 23.2 Å². The lowest BCUT2D eigenvalue weighted by atomic mass is 9.89. The molecular formula is C27H33N3O5S. The highest BCUT2D eigenvalue weighted by atomic mass is 32.1. The summed E-state index contributed by atoms with van der Waals surface area (Å²) < 4.78 is 11.6. The second-order valence-electron chi connectivity index (χ2n) is 9.27. The molecule has 4 rings (SSSR count). The van der Waals surface area contributed by atoms with Crippen molar-refractivity contribution in [1.29, 1.82) is 0 Å². The van der Waals surface area contributed by atoms with Gasteiger partial charge in [0.1, 0.15) is 5.69 Å². The predicted molar refractivity (Wildman–Crippen MR) is 137 cm³/mol. The van der Waals surface area contributed by atoms with Crippen LogP contribution < -0.4 is 0 Å². The van der Waals surface area contributed by atoms with Crippen LogP contribution in [0.5, 0.6) is 0 Å². The Balaban J connectivity index is 1.23. The molecule has 3 heterocycles. The van der Waals surface area contributed by atoms with Crippen molar-refractivity contribution < 1.29 is 24.2 Å². The smallest absolute Gasteiger partial charge is 0.305 e. The first-order chi connectivity index (χ1) is 17.5. The summed E-state index contributed by atoms with van der Waals surface area (Å²) in [5, 5.41) is 11.1. The second kappa shape index (κ2) is 12.5. The van der Waals surface area contributed by atoms with Crippen LogP contribution in [-0.4, -0.2) is 83.4 Å². The molecule has 1 amide bonds. The maximum Gasteiger partial charge on any atom is 0.305 e. The summed E-state index contributed by atoms with van der Waals surface area (Å²) in [4.78, 5) is 32.3. The first-order valence-electron chi connectivity index (χ1n) is 12.4. The largest absolute Gasteiger partial charge is 0.481 e. The molecule has 0 unspecified atom stereocenters. The van der Waals surface area contributed by atoms with Crippen molar-refractivity contribution in [3.63, 3.8) is 0 Å². The molecule has 0 bridgehead atoms. The molecule has 1 aromatic carbocycles. The van der Waals surface area contributed by atoms with Gasteiger partial charge in [0.2, 0.25) is 0 Å². The van der Waals surface area contributed by atoms with Crippen LogP contribution in [0.3, 0.4) is 0 Å². The zero-order valence-corrected chi connectivity index (χ0v) is 21.5. The number of hydrogen-bond donors (Lipinski definition) is 1. The standard InChI is InChI=1S/C27H33N3O5S/c1-2-3-24-28-23(19-36-24)26(33)30-14-17-35-27(20-30)10-12-29(13-11-27)18-22-6-4-21(5-7-22)8-15-34-16-9-25(31)32/h4-7,19H,8-18,20H2,1H3,(H,31,32). The van der Waals surface area contributed by atoms with E-state index in [9.17, 15) is 9.59 Å². The highest BCUT2D eigenvalue weighted by Crippen LogP contribution is 2.31. The van der Waals surface area contributed by atoms with Crippen molar-refractivity contribution in [2.24, 2.45) is 0 Å². The fraction of sp³-hybridized carbons (Fsp3) is 0.519. The molecule has 2 saturated heterocycles. The van der Waals surface area contributed by atoms with E-state index in [0.29, 0.717) is 37.0 Å². The quantitative estimate of drug-likeness (QED) is 0.409. The summed E-state index contributed by atoms with van der Waals surface area (Å²) in [5.41, 5.74) is 2.64. The minimum atomic E-state index is -0.837. The topological polar surface area (TPSA) is 92.2 Å². The molecular weight excluding hydrogens is 478 g/mol. The van der Waals surface area contributed by atoms with Gasteiger partial charge in [-0.15, -0.1) is 11.3 Å². The Morgan fingerprint density at radius 1 is 1.17 bits per heavy atom. The number of hydrogen-bond acceptors (Lipinski definition) is 7. The molecule has 0 atom stereocenters. The summed E-state index contributed by atoms with van der Waals surface area (Å²) in [6.07, 6.45) is 2.60. The lowest BCUT2D eigenvalue weighted by Gasteiger charge is -2.47. The summed E-state index contributed by atoms with van der Waals surface area (Å²) in [7, 11) is 0. The monoisotopic (exact) mass is 511 g/mol. The number of aliphatic carboxylic acids is 1. The fourth-order valence-corrected chi connectivity index (χ4v) is 5.35. The van der Waals surface area contributed by atoms with Gasteiger partial charge >= 0.3 is 5.97 Å². The Bertz CT molecular complexity index is 1100. The van der Waals surface area contributed by atoms with Crippen LogP contribution in [0.25, 0.3) is 0 Å². The van der Waals surface area contributed by atoms with E-state index in [0.717, 1.165) is 38.9 Å². The van der Waals surface area contributed by atoms with Crippen molar-refractivity contribution in [2.75, 3.05) is 46.0 Å². The molecule has 1 spiro atoms. The van der Waals surface area contributed by atoms with Crippen LogP contribution in [0.15, 0.2) is 29.6 Å². The van der Waals surface area contributed by atoms with Crippen molar-refractivity contribution in [3.8, 4) is 11.8 Å². The number of piperidine rings is 1. The zero-order chi connectivity index (χ0) is 25.4. The Kier molecular flexibility index (Phi) is 9.10. The predicted octanol–water partition coefficient (Wildman–Crippen LogP) is 3.06. The first-order valence-corrected chi connectivity index (χ1v) is 13.3. The number of carboxylic acids is 1. The van der Waals surface area contributed by atoms with E-state index >= 15 is 0 Å². The van der Waals surface area contributed by atoms with Crippen LogP contribution >= 0.6 is 11.3 Å². The molecule has 2 aliphatic heterocycles. The molecule has 36 heavy (non-hydrogen) atoms. The van der Waals surface area contributed by atoms with Crippen LogP contribution in [-0.2, 0) is 27.2 Å². The maximum absolute atomic E-state index is 13.0. The van der Waals surface area contributed by atoms with E-state index in [4.69, 9.17) is 14.6 Å². The van der Waals surface area contributed by atoms with Gasteiger partial charge in [0.25, 0.3) is 5.91 Å². The zero-order valence-electron chi connectivity index (χ0n) is 20.7. The molecule has 2 aromatic rings. The highest BCUT2D eigenvalue weighted by Gasteiger charge is 2.41. The third kappa shape index (κ3) is 7.14. The molecule has 0 aliphatic carbocycles. The van der Waals surface area contributed by atoms with Gasteiger partial charge in [-0.25, -0.2) is 4.98 Å². The van der Waals surface area contributed by atoms with Gasteiger partial charge in [0.15, 0.2) is 5.01 Å². The van der Waals surface area contributed by atoms with Gasteiger partial charge in [0.05, 0.1) is 38.4 Å². The lowest BCUT2D eigenvalue weighted by Crippen LogP contribution is -2.58. The Labute approximate surface area is 216 Å². The van der Waals surface area contributed by atoms with Gasteiger partial charge in [-0.2, -0.15) is 0 Å². The number of aromatic nitrogens is 1. The molecule has 0 radical (unpaired) electrons. The van der Waals surface area contributed by atoms with Crippen LogP contribution in [0.2, 0.25) is 0 Å². The van der Waals surface area contributed by atoms with E-state index in [1.54, 1.807) is 12.3 Å². The number of ether oxygens (including phenoxy) is 2. The van der Waals surface area contributed by atoms with E-state index in [-0.39, 0.29) is 24.5 Å². The lowest BCUT2D eigenvalue weighted by molar-refractivity contribution is -0.138. The molecule has 1 aromatic heterocycles. The molecule has 9 heteroatoms. The SMILES string of the molecule is CC#Cc1nc(C(=O)N2CCOC3(CCN(Cc4ccc(CCOCCC(=O)O)cc4)CC3)C2)cs1. The van der Waals surface area contributed by atoms with Crippen molar-refractivity contribution in [3.05, 3.63) is 51.5 Å². The summed E-state index contributed by atoms with van der Waals surface area (Å²) in [6.45, 7) is 7.02. The summed E-state index contributed by atoms with van der Waals surface area (Å²) in [6, 6.07) is 8.54. The van der Waals surface area contributed by atoms with Gasteiger partial charge in [-0.1, -0.05) is 30.2 Å². The number of carboxylic acid groups (broad SMARTS) is 1. The number of thiazole rings is 1. The molecule has 0 saturated carbocycles. The summed E-state index contributed by atoms with van der Waals surface area (Å²) in [5.74, 6) is 4.88. The first kappa shape index (κ1) is 26.3. The molecule has 8 nitrogen and oxygen atoms in total. The molecule has 2 fully saturated rings. The van der Waals surface area contributed by atoms with E-state index in [2.05, 4.69) is 46.0 Å². The second-order valence-corrected chi connectivity index (χ2v) is 10.1. The normalized spacial score (nSPS) is 17.5. The number of nitrogens with zero attached hydrogens (tertiary/aromatic N) is 3. The van der Waals surface area contributed by atoms with E-state index in [1.807, 2.05) is 4.90 Å². The average Bonchev–Trinajstić information content (AvgIpc) is 3.35. The molecule has 2 aliphatic rings. The fourth-order valence-electron chi connectivity index (χ4n) is 4.66.